The summed E-state index contributed by atoms with van der Waals surface area (Å²) in [5.74, 6) is 3.14. The van der Waals surface area contributed by atoms with E-state index in [1.165, 1.54) is 17.7 Å². The van der Waals surface area contributed by atoms with Gasteiger partial charge in [-0.15, -0.1) is 0 Å². The average molecular weight is 691 g/mol. The first-order chi connectivity index (χ1) is 24.9. The molecule has 266 valence electrons. The number of halogens is 1. The van der Waals surface area contributed by atoms with Crippen molar-refractivity contribution in [3.63, 3.8) is 0 Å². The number of nitrogens with zero attached hydrogens (tertiary/aromatic N) is 4. The van der Waals surface area contributed by atoms with Crippen LogP contribution in [0.1, 0.15) is 54.1 Å². The number of aromatic nitrogens is 2. The van der Waals surface area contributed by atoms with Crippen molar-refractivity contribution >= 4 is 16.9 Å². The Kier molecular flexibility index (Phi) is 10.3. The number of carbonyl (C=O) groups excluding carboxylic acids is 1. The van der Waals surface area contributed by atoms with Crippen molar-refractivity contribution in [3.05, 3.63) is 119 Å². The number of hydrogen-bond donors (Lipinski definition) is 0. The van der Waals surface area contributed by atoms with Crippen LogP contribution in [-0.2, 0) is 24.3 Å². The molecule has 1 atom stereocenters. The standard InChI is InChI=1S/C42H47FN4O4/c1-49-37-25-32(26-38(50-2)39(37)51-3)28-46-24-20-42(41(46)48,27-30-9-5-4-6-10-30)19-23-45-21-17-33(18-22-45)40-44-35-11-7-8-12-36(35)47(40)29-31-13-15-34(43)16-14-31/h4-16,25-26,33H,17-24,27-29H2,1-3H3. The van der Waals surface area contributed by atoms with Gasteiger partial charge in [0.15, 0.2) is 11.5 Å². The highest BCUT2D eigenvalue weighted by atomic mass is 19.1. The van der Waals surface area contributed by atoms with Crippen molar-refractivity contribution in [2.75, 3.05) is 47.5 Å². The van der Waals surface area contributed by atoms with Gasteiger partial charge in [-0.1, -0.05) is 54.6 Å². The average Bonchev–Trinajstić information content (AvgIpc) is 3.68. The van der Waals surface area contributed by atoms with E-state index in [1.807, 2.05) is 41.3 Å². The maximum Gasteiger partial charge on any atom is 0.229 e. The molecule has 1 amide bonds. The van der Waals surface area contributed by atoms with Crippen LogP contribution in [0.15, 0.2) is 91.0 Å². The third kappa shape index (κ3) is 7.31. The Balaban J connectivity index is 1.05. The molecule has 5 aromatic rings. The number of para-hydroxylation sites is 2. The molecule has 0 saturated carbocycles. The van der Waals surface area contributed by atoms with Crippen molar-refractivity contribution in [1.29, 1.82) is 0 Å². The zero-order valence-electron chi connectivity index (χ0n) is 29.8. The van der Waals surface area contributed by atoms with Crippen molar-refractivity contribution < 1.29 is 23.4 Å². The minimum Gasteiger partial charge on any atom is -0.493 e. The molecule has 2 aliphatic heterocycles. The largest absolute Gasteiger partial charge is 0.493 e. The fourth-order valence-corrected chi connectivity index (χ4v) is 8.09. The Morgan fingerprint density at radius 1 is 0.784 bits per heavy atom. The van der Waals surface area contributed by atoms with Crippen molar-refractivity contribution in [2.45, 2.75) is 51.1 Å². The van der Waals surface area contributed by atoms with Crippen molar-refractivity contribution in [1.82, 2.24) is 19.4 Å². The lowest BCUT2D eigenvalue weighted by Gasteiger charge is -2.35. The first-order valence-electron chi connectivity index (χ1n) is 17.9. The molecule has 2 fully saturated rings. The fourth-order valence-electron chi connectivity index (χ4n) is 8.09. The van der Waals surface area contributed by atoms with Crippen molar-refractivity contribution in [3.8, 4) is 17.2 Å². The second-order valence-electron chi connectivity index (χ2n) is 14.0. The summed E-state index contributed by atoms with van der Waals surface area (Å²) in [5.41, 5.74) is 4.83. The Morgan fingerprint density at radius 2 is 1.47 bits per heavy atom. The van der Waals surface area contributed by atoms with Crippen LogP contribution >= 0.6 is 0 Å². The third-order valence-electron chi connectivity index (χ3n) is 10.9. The highest BCUT2D eigenvalue weighted by molar-refractivity contribution is 5.85. The van der Waals surface area contributed by atoms with Gasteiger partial charge in [-0.2, -0.15) is 0 Å². The maximum absolute atomic E-state index is 14.5. The Hall–Kier alpha value is -4.89. The molecule has 0 spiro atoms. The SMILES string of the molecule is COc1cc(CN2CCC(CCN3CCC(c4nc5ccccc5n4Cc4ccc(F)cc4)CC3)(Cc3ccccc3)C2=O)cc(OC)c1OC. The van der Waals surface area contributed by atoms with Gasteiger partial charge in [0.25, 0.3) is 0 Å². The van der Waals surface area contributed by atoms with E-state index < -0.39 is 5.41 Å². The second kappa shape index (κ2) is 15.2. The molecular formula is C42H47FN4O4. The molecule has 9 heteroatoms. The fraction of sp³-hybridized carbons (Fsp3) is 0.381. The number of piperidine rings is 1. The number of likely N-dealkylation sites (tertiary alicyclic amines) is 2. The number of carbonyl (C=O) groups is 1. The molecule has 1 aromatic heterocycles. The molecule has 8 nitrogen and oxygen atoms in total. The van der Waals surface area contributed by atoms with Gasteiger partial charge >= 0.3 is 0 Å². The quantitative estimate of drug-likeness (QED) is 0.128. The summed E-state index contributed by atoms with van der Waals surface area (Å²) in [7, 11) is 4.82. The van der Waals surface area contributed by atoms with Gasteiger partial charge in [0, 0.05) is 25.6 Å². The summed E-state index contributed by atoms with van der Waals surface area (Å²) in [4.78, 5) is 24.1. The van der Waals surface area contributed by atoms with Gasteiger partial charge in [-0.3, -0.25) is 4.79 Å². The van der Waals surface area contributed by atoms with Crippen LogP contribution in [-0.4, -0.2) is 72.8 Å². The summed E-state index contributed by atoms with van der Waals surface area (Å²) in [6.07, 6.45) is 4.34. The number of imidazole rings is 1. The molecule has 0 radical (unpaired) electrons. The monoisotopic (exact) mass is 690 g/mol. The molecule has 7 rings (SSSR count). The molecule has 2 saturated heterocycles. The normalized spacial score (nSPS) is 18.4. The van der Waals surface area contributed by atoms with E-state index in [2.05, 4.69) is 51.9 Å². The Bertz CT molecular complexity index is 1930. The van der Waals surface area contributed by atoms with Gasteiger partial charge in [0.1, 0.15) is 11.6 Å². The molecule has 51 heavy (non-hydrogen) atoms. The van der Waals surface area contributed by atoms with Gasteiger partial charge in [-0.25, -0.2) is 9.37 Å². The van der Waals surface area contributed by atoms with Gasteiger partial charge in [0.05, 0.1) is 37.8 Å². The molecule has 0 aliphatic carbocycles. The number of hydrogen-bond acceptors (Lipinski definition) is 6. The zero-order valence-corrected chi connectivity index (χ0v) is 29.8. The van der Waals surface area contributed by atoms with Crippen LogP contribution in [0, 0.1) is 11.2 Å². The van der Waals surface area contributed by atoms with Gasteiger partial charge < -0.3 is 28.6 Å². The lowest BCUT2D eigenvalue weighted by atomic mass is 9.77. The first-order valence-corrected chi connectivity index (χ1v) is 17.9. The minimum absolute atomic E-state index is 0.213. The van der Waals surface area contributed by atoms with Crippen molar-refractivity contribution in [2.24, 2.45) is 5.41 Å². The molecular weight excluding hydrogens is 643 g/mol. The third-order valence-corrected chi connectivity index (χ3v) is 10.9. The number of methoxy groups -OCH3 is 3. The van der Waals surface area contributed by atoms with Gasteiger partial charge in [0.2, 0.25) is 11.7 Å². The van der Waals surface area contributed by atoms with E-state index in [1.54, 1.807) is 21.3 Å². The van der Waals surface area contributed by atoms with Crippen LogP contribution in [0.25, 0.3) is 11.0 Å². The Labute approximate surface area is 299 Å². The summed E-state index contributed by atoms with van der Waals surface area (Å²) < 4.78 is 32.7. The number of rotatable bonds is 13. The Morgan fingerprint density at radius 3 is 2.16 bits per heavy atom. The van der Waals surface area contributed by atoms with E-state index in [9.17, 15) is 9.18 Å². The van der Waals surface area contributed by atoms with Crippen LogP contribution in [0.5, 0.6) is 17.2 Å². The van der Waals surface area contributed by atoms with Crippen LogP contribution < -0.4 is 14.2 Å². The minimum atomic E-state index is -0.470. The first kappa shape index (κ1) is 34.6. The maximum atomic E-state index is 14.5. The summed E-state index contributed by atoms with van der Waals surface area (Å²) in [6, 6.07) is 29.4. The highest BCUT2D eigenvalue weighted by Gasteiger charge is 2.46. The van der Waals surface area contributed by atoms with Crippen LogP contribution in [0.3, 0.4) is 0 Å². The summed E-state index contributed by atoms with van der Waals surface area (Å²) in [6.45, 7) is 4.62. The van der Waals surface area contributed by atoms with E-state index in [0.717, 1.165) is 79.7 Å². The molecule has 3 heterocycles. The molecule has 4 aromatic carbocycles. The van der Waals surface area contributed by atoms with Crippen LogP contribution in [0.2, 0.25) is 0 Å². The highest BCUT2D eigenvalue weighted by Crippen LogP contribution is 2.42. The van der Waals surface area contributed by atoms with E-state index in [-0.39, 0.29) is 11.7 Å². The smallest absolute Gasteiger partial charge is 0.229 e. The number of ether oxygens (including phenoxy) is 3. The summed E-state index contributed by atoms with van der Waals surface area (Å²) in [5, 5.41) is 0. The lowest BCUT2D eigenvalue weighted by Crippen LogP contribution is -2.41. The van der Waals surface area contributed by atoms with Crippen LogP contribution in [0.4, 0.5) is 4.39 Å². The van der Waals surface area contributed by atoms with E-state index in [4.69, 9.17) is 19.2 Å². The lowest BCUT2D eigenvalue weighted by molar-refractivity contribution is -0.137. The molecule has 0 N–H and O–H groups in total. The zero-order chi connectivity index (χ0) is 35.4. The molecule has 1 unspecified atom stereocenters. The number of fused-ring (bicyclic) bond motifs is 1. The topological polar surface area (TPSA) is 69.1 Å². The predicted octanol–water partition coefficient (Wildman–Crippen LogP) is 7.48. The van der Waals surface area contributed by atoms with Gasteiger partial charge in [-0.05, 0) is 105 Å². The van der Waals surface area contributed by atoms with E-state index >= 15 is 0 Å². The molecule has 2 aliphatic rings. The second-order valence-corrected chi connectivity index (χ2v) is 14.0. The summed E-state index contributed by atoms with van der Waals surface area (Å²) >= 11 is 0. The predicted molar refractivity (Wildman–Crippen MR) is 197 cm³/mol. The molecule has 0 bridgehead atoms. The van der Waals surface area contributed by atoms with E-state index in [0.29, 0.717) is 42.8 Å². The number of amides is 1. The number of benzene rings is 4.